The van der Waals surface area contributed by atoms with E-state index in [0.29, 0.717) is 15.2 Å². The summed E-state index contributed by atoms with van der Waals surface area (Å²) >= 11 is 0. The lowest BCUT2D eigenvalue weighted by atomic mass is 10.1. The number of rotatable bonds is 13. The van der Waals surface area contributed by atoms with E-state index in [1.54, 1.807) is 36.4 Å². The van der Waals surface area contributed by atoms with Gasteiger partial charge >= 0.3 is 6.18 Å². The topological polar surface area (TPSA) is 90.0 Å². The number of nitrogens with zero attached hydrogens (tertiary/aromatic N) is 1. The molecule has 0 heterocycles. The van der Waals surface area contributed by atoms with Gasteiger partial charge in [-0.05, 0) is 66.9 Å². The molecule has 0 fully saturated rings. The fourth-order valence-electron chi connectivity index (χ4n) is 4.05. The van der Waals surface area contributed by atoms with Crippen LogP contribution < -0.4 is 4.74 Å². The second kappa shape index (κ2) is 13.5. The standard InChI is InChI=1S/C30H28F3NO6S2/c31-30(32,33)29(24-18-20-26(21-19-24)40-25-12-4-1-5-13-25)39-23-11-10-22-34(41(35,36)27-14-6-2-7-15-27)42(37,38)28-16-8-3-9-17-28/h1-9,12-21,29H,10-11,22-23H2. The molecule has 1 unspecified atom stereocenters. The summed E-state index contributed by atoms with van der Waals surface area (Å²) in [6.07, 6.45) is -7.07. The van der Waals surface area contributed by atoms with Crippen molar-refractivity contribution in [2.24, 2.45) is 0 Å². The molecule has 0 aliphatic carbocycles. The first kappa shape index (κ1) is 31.2. The summed E-state index contributed by atoms with van der Waals surface area (Å²) in [5.74, 6) is 0.886. The van der Waals surface area contributed by atoms with Gasteiger partial charge in [0.1, 0.15) is 11.5 Å². The van der Waals surface area contributed by atoms with Gasteiger partial charge in [0.2, 0.25) is 0 Å². The first-order valence-electron chi connectivity index (χ1n) is 12.9. The van der Waals surface area contributed by atoms with Crippen LogP contribution in [0.25, 0.3) is 0 Å². The summed E-state index contributed by atoms with van der Waals surface area (Å²) < 4.78 is 106. The molecule has 0 aliphatic heterocycles. The first-order chi connectivity index (χ1) is 20.0. The van der Waals surface area contributed by atoms with E-state index in [9.17, 15) is 30.0 Å². The lowest BCUT2D eigenvalue weighted by Gasteiger charge is -2.23. The van der Waals surface area contributed by atoms with Gasteiger partial charge in [0, 0.05) is 13.2 Å². The van der Waals surface area contributed by atoms with Gasteiger partial charge < -0.3 is 9.47 Å². The maximum absolute atomic E-state index is 13.9. The van der Waals surface area contributed by atoms with E-state index >= 15 is 0 Å². The molecule has 0 bridgehead atoms. The molecule has 4 rings (SSSR count). The van der Waals surface area contributed by atoms with Crippen LogP contribution in [0, 0.1) is 0 Å². The molecule has 0 saturated carbocycles. The minimum atomic E-state index is -4.72. The third-order valence-electron chi connectivity index (χ3n) is 6.10. The summed E-state index contributed by atoms with van der Waals surface area (Å²) in [7, 11) is -8.98. The van der Waals surface area contributed by atoms with Crippen LogP contribution in [0.2, 0.25) is 0 Å². The van der Waals surface area contributed by atoms with Crippen molar-refractivity contribution in [3.63, 3.8) is 0 Å². The molecule has 4 aromatic rings. The predicted octanol–water partition coefficient (Wildman–Crippen LogP) is 6.96. The van der Waals surface area contributed by atoms with Crippen LogP contribution in [0.4, 0.5) is 13.2 Å². The zero-order valence-corrected chi connectivity index (χ0v) is 23.9. The second-order valence-electron chi connectivity index (χ2n) is 9.12. The highest BCUT2D eigenvalue weighted by Crippen LogP contribution is 2.37. The summed E-state index contributed by atoms with van der Waals surface area (Å²) in [4.78, 5) is -0.449. The van der Waals surface area contributed by atoms with Crippen LogP contribution >= 0.6 is 0 Å². The van der Waals surface area contributed by atoms with Crippen molar-refractivity contribution < 1.29 is 39.5 Å². The third kappa shape index (κ3) is 7.77. The number of unbranched alkanes of at least 4 members (excludes halogenated alkanes) is 1. The predicted molar refractivity (Wildman–Crippen MR) is 151 cm³/mol. The number of halogens is 3. The highest BCUT2D eigenvalue weighted by molar-refractivity contribution is 8.04. The van der Waals surface area contributed by atoms with Crippen LogP contribution in [0.15, 0.2) is 125 Å². The number of sulfonamides is 2. The van der Waals surface area contributed by atoms with E-state index in [4.69, 9.17) is 9.47 Å². The average Bonchev–Trinajstić information content (AvgIpc) is 2.98. The van der Waals surface area contributed by atoms with E-state index in [-0.39, 0.29) is 28.2 Å². The van der Waals surface area contributed by atoms with E-state index in [1.807, 2.05) is 6.07 Å². The zero-order chi connectivity index (χ0) is 30.2. The van der Waals surface area contributed by atoms with E-state index < -0.39 is 45.5 Å². The Morgan fingerprint density at radius 3 is 1.55 bits per heavy atom. The van der Waals surface area contributed by atoms with Crippen LogP contribution in [0.1, 0.15) is 24.5 Å². The number of alkyl halides is 3. The summed E-state index contributed by atoms with van der Waals surface area (Å²) in [5.41, 5.74) is -0.136. The maximum Gasteiger partial charge on any atom is 0.418 e. The largest absolute Gasteiger partial charge is 0.457 e. The minimum Gasteiger partial charge on any atom is -0.457 e. The maximum atomic E-state index is 13.9. The normalized spacial score (nSPS) is 13.1. The Labute approximate surface area is 243 Å². The third-order valence-corrected chi connectivity index (χ3v) is 10.4. The number of benzene rings is 4. The molecule has 0 N–H and O–H groups in total. The minimum absolute atomic E-state index is 0.0348. The number of hydrogen-bond acceptors (Lipinski definition) is 6. The van der Waals surface area contributed by atoms with Gasteiger partial charge in [-0.25, -0.2) is 16.8 Å². The van der Waals surface area contributed by atoms with E-state index in [2.05, 4.69) is 0 Å². The van der Waals surface area contributed by atoms with Gasteiger partial charge in [-0.15, -0.1) is 0 Å². The molecule has 4 aromatic carbocycles. The smallest absolute Gasteiger partial charge is 0.418 e. The lowest BCUT2D eigenvalue weighted by Crippen LogP contribution is -2.37. The Hall–Kier alpha value is -3.71. The molecule has 12 heteroatoms. The van der Waals surface area contributed by atoms with Crippen LogP contribution in [-0.4, -0.2) is 39.9 Å². The number of hydrogen-bond donors (Lipinski definition) is 0. The molecule has 0 aromatic heterocycles. The Balaban J connectivity index is 1.43. The molecule has 7 nitrogen and oxygen atoms in total. The van der Waals surface area contributed by atoms with Crippen molar-refractivity contribution >= 4 is 20.0 Å². The molecule has 0 amide bonds. The lowest BCUT2D eigenvalue weighted by molar-refractivity contribution is -0.224. The zero-order valence-electron chi connectivity index (χ0n) is 22.2. The highest BCUT2D eigenvalue weighted by atomic mass is 32.3. The Morgan fingerprint density at radius 1 is 0.619 bits per heavy atom. The van der Waals surface area contributed by atoms with Crippen molar-refractivity contribution in [2.75, 3.05) is 13.2 Å². The first-order valence-corrected chi connectivity index (χ1v) is 15.8. The molecule has 0 aliphatic rings. The Kier molecular flexibility index (Phi) is 10.0. The van der Waals surface area contributed by atoms with Gasteiger partial charge in [-0.1, -0.05) is 70.4 Å². The van der Waals surface area contributed by atoms with Crippen LogP contribution in [-0.2, 0) is 24.8 Å². The SMILES string of the molecule is O=S(=O)(c1ccccc1)N(CCCCOC(c1ccc(Oc2ccccc2)cc1)C(F)(F)F)S(=O)(=O)c1ccccc1. The van der Waals surface area contributed by atoms with Gasteiger partial charge in [-0.3, -0.25) is 0 Å². The van der Waals surface area contributed by atoms with Gasteiger partial charge in [0.25, 0.3) is 20.0 Å². The Bertz CT molecular complexity index is 1570. The summed E-state index contributed by atoms with van der Waals surface area (Å²) in [6.45, 7) is -0.878. The quantitative estimate of drug-likeness (QED) is 0.150. The average molecular weight is 620 g/mol. The van der Waals surface area contributed by atoms with E-state index in [0.717, 1.165) is 0 Å². The van der Waals surface area contributed by atoms with Crippen LogP contribution in [0.3, 0.4) is 0 Å². The molecule has 0 saturated heterocycles. The van der Waals surface area contributed by atoms with Crippen molar-refractivity contribution in [2.45, 2.75) is 34.9 Å². The van der Waals surface area contributed by atoms with Gasteiger partial charge in [0.05, 0.1) is 9.79 Å². The molecule has 0 spiro atoms. The van der Waals surface area contributed by atoms with Crippen molar-refractivity contribution in [3.05, 3.63) is 121 Å². The van der Waals surface area contributed by atoms with Crippen molar-refractivity contribution in [1.82, 2.24) is 3.71 Å². The molecular weight excluding hydrogens is 591 g/mol. The molecular formula is C30H28F3NO6S2. The Morgan fingerprint density at radius 2 is 1.07 bits per heavy atom. The number of para-hydroxylation sites is 1. The monoisotopic (exact) mass is 619 g/mol. The molecule has 42 heavy (non-hydrogen) atoms. The second-order valence-corrected chi connectivity index (χ2v) is 13.1. The fourth-order valence-corrected chi connectivity index (χ4v) is 7.81. The van der Waals surface area contributed by atoms with E-state index in [1.165, 1.54) is 72.8 Å². The van der Waals surface area contributed by atoms with Gasteiger partial charge in [0.15, 0.2) is 6.10 Å². The molecule has 222 valence electrons. The number of ether oxygens (including phenoxy) is 2. The molecule has 1 atom stereocenters. The highest BCUT2D eigenvalue weighted by Gasteiger charge is 2.42. The molecule has 0 radical (unpaired) electrons. The van der Waals surface area contributed by atoms with Crippen LogP contribution in [0.5, 0.6) is 11.5 Å². The summed E-state index contributed by atoms with van der Waals surface area (Å²) in [6, 6.07) is 28.2. The van der Waals surface area contributed by atoms with Gasteiger partial charge in [-0.2, -0.15) is 13.2 Å². The van der Waals surface area contributed by atoms with Crippen molar-refractivity contribution in [3.8, 4) is 11.5 Å². The fraction of sp³-hybridized carbons (Fsp3) is 0.200. The van der Waals surface area contributed by atoms with Crippen molar-refractivity contribution in [1.29, 1.82) is 0 Å². The summed E-state index contributed by atoms with van der Waals surface area (Å²) in [5, 5.41) is 0.